The number of benzene rings is 1. The fourth-order valence-electron chi connectivity index (χ4n) is 3.53. The van der Waals surface area contributed by atoms with Crippen LogP contribution in [-0.4, -0.2) is 29.0 Å². The molecule has 6 nitrogen and oxygen atoms in total. The Kier molecular flexibility index (Phi) is 7.22. The molecule has 1 aromatic carbocycles. The molecule has 2 heterocycles. The molecule has 1 aromatic heterocycles. The summed E-state index contributed by atoms with van der Waals surface area (Å²) >= 11 is 6.29. The van der Waals surface area contributed by atoms with Gasteiger partial charge in [-0.1, -0.05) is 69.3 Å². The molecule has 0 aliphatic carbocycles. The van der Waals surface area contributed by atoms with Crippen LogP contribution in [0, 0.1) is 0 Å². The molecular formula is C24H29ClN4O2S. The van der Waals surface area contributed by atoms with Crippen LogP contribution in [0.2, 0.25) is 0 Å². The van der Waals surface area contributed by atoms with Crippen molar-refractivity contribution in [2.75, 3.05) is 0 Å². The Labute approximate surface area is 197 Å². The second-order valence-electron chi connectivity index (χ2n) is 8.61. The maximum atomic E-state index is 13.2. The predicted octanol–water partition coefficient (Wildman–Crippen LogP) is 5.22. The lowest BCUT2D eigenvalue weighted by Crippen LogP contribution is -2.29. The van der Waals surface area contributed by atoms with Gasteiger partial charge in [0.15, 0.2) is 12.1 Å². The highest BCUT2D eigenvalue weighted by molar-refractivity contribution is 7.84. The second-order valence-corrected chi connectivity index (χ2v) is 10.4. The van der Waals surface area contributed by atoms with Crippen LogP contribution in [0.15, 0.2) is 70.7 Å². The fourth-order valence-corrected chi connectivity index (χ4v) is 4.93. The maximum Gasteiger partial charge on any atom is 0.226 e. The summed E-state index contributed by atoms with van der Waals surface area (Å²) in [6.07, 6.45) is 5.82. The molecule has 8 heteroatoms. The number of halogens is 1. The summed E-state index contributed by atoms with van der Waals surface area (Å²) in [7, 11) is -1.45. The molecule has 2 atom stereocenters. The van der Waals surface area contributed by atoms with E-state index in [2.05, 4.69) is 43.6 Å². The minimum absolute atomic E-state index is 0.0678. The molecule has 3 rings (SSSR count). The topological polar surface area (TPSA) is 71.2 Å². The predicted molar refractivity (Wildman–Crippen MR) is 130 cm³/mol. The van der Waals surface area contributed by atoms with Gasteiger partial charge < -0.3 is 10.0 Å². The van der Waals surface area contributed by atoms with E-state index in [4.69, 9.17) is 11.6 Å². The molecule has 0 saturated heterocycles. The van der Waals surface area contributed by atoms with Crippen molar-refractivity contribution in [2.24, 2.45) is 0 Å². The van der Waals surface area contributed by atoms with Crippen molar-refractivity contribution in [3.05, 3.63) is 82.5 Å². The zero-order chi connectivity index (χ0) is 23.6. The molecule has 32 heavy (non-hydrogen) atoms. The molecule has 1 N–H and O–H groups in total. The number of hydrogen-bond acceptors (Lipinski definition) is 5. The van der Waals surface area contributed by atoms with Crippen molar-refractivity contribution in [1.82, 2.24) is 19.7 Å². The van der Waals surface area contributed by atoms with Crippen molar-refractivity contribution in [3.63, 3.8) is 0 Å². The van der Waals surface area contributed by atoms with Crippen LogP contribution in [-0.2, 0) is 22.0 Å². The van der Waals surface area contributed by atoms with Gasteiger partial charge in [0.1, 0.15) is 0 Å². The summed E-state index contributed by atoms with van der Waals surface area (Å²) < 4.78 is 14.8. The molecule has 0 radical (unpaired) electrons. The van der Waals surface area contributed by atoms with Gasteiger partial charge in [0.25, 0.3) is 0 Å². The quantitative estimate of drug-likeness (QED) is 0.583. The SMILES string of the molecule is C=C(/C(C)=C(Cl)\C=C/C)N1C=Cn2c(nnc2S(=O)Cc2ccccc2C(C)(C)C)C1O. The van der Waals surface area contributed by atoms with Gasteiger partial charge >= 0.3 is 0 Å². The molecule has 0 amide bonds. The minimum Gasteiger partial charge on any atom is -0.366 e. The average molecular weight is 473 g/mol. The van der Waals surface area contributed by atoms with Crippen molar-refractivity contribution < 1.29 is 9.32 Å². The van der Waals surface area contributed by atoms with Crippen molar-refractivity contribution in [3.8, 4) is 0 Å². The first kappa shape index (κ1) is 24.2. The third-order valence-electron chi connectivity index (χ3n) is 5.29. The number of rotatable bonds is 6. The van der Waals surface area contributed by atoms with Crippen LogP contribution in [0.5, 0.6) is 0 Å². The Morgan fingerprint density at radius 2 is 1.97 bits per heavy atom. The first-order valence-electron chi connectivity index (χ1n) is 10.3. The highest BCUT2D eigenvalue weighted by Gasteiger charge is 2.30. The van der Waals surface area contributed by atoms with Crippen LogP contribution in [0.4, 0.5) is 0 Å². The third-order valence-corrected chi connectivity index (χ3v) is 6.96. The van der Waals surface area contributed by atoms with Gasteiger partial charge in [-0.2, -0.15) is 0 Å². The molecule has 0 fully saturated rings. The van der Waals surface area contributed by atoms with E-state index < -0.39 is 17.0 Å². The van der Waals surface area contributed by atoms with Crippen LogP contribution in [0.1, 0.15) is 57.8 Å². The standard InChI is InChI=1S/C24H29ClN4O2S/c1-7-10-20(25)16(2)17(3)28-13-14-29-21(22(28)30)26-27-23(29)32(31)15-18-11-8-9-12-19(18)24(4,5)6/h7-14,22,30H,3,15H2,1-2,4-6H3/b10-7-,20-16+. The highest BCUT2D eigenvalue weighted by Crippen LogP contribution is 2.32. The van der Waals surface area contributed by atoms with E-state index in [-0.39, 0.29) is 11.2 Å². The summed E-state index contributed by atoms with van der Waals surface area (Å²) in [5.74, 6) is 0.586. The third kappa shape index (κ3) is 4.80. The van der Waals surface area contributed by atoms with Crippen LogP contribution in [0.3, 0.4) is 0 Å². The van der Waals surface area contributed by atoms with Crippen LogP contribution >= 0.6 is 11.6 Å². The summed E-state index contributed by atoms with van der Waals surface area (Å²) in [5.41, 5.74) is 3.34. The molecule has 1 aliphatic rings. The van der Waals surface area contributed by atoms with Gasteiger partial charge in [0.05, 0.1) is 16.6 Å². The van der Waals surface area contributed by atoms with Gasteiger partial charge in [-0.25, -0.2) is 0 Å². The Balaban J connectivity index is 1.88. The monoisotopic (exact) mass is 472 g/mol. The molecule has 0 spiro atoms. The number of aromatic nitrogens is 3. The van der Waals surface area contributed by atoms with E-state index in [0.29, 0.717) is 21.6 Å². The zero-order valence-corrected chi connectivity index (χ0v) is 20.6. The normalized spacial score (nSPS) is 18.0. The molecule has 170 valence electrons. The fraction of sp³-hybridized carbons (Fsp3) is 0.333. The van der Waals surface area contributed by atoms with Crippen LogP contribution in [0.25, 0.3) is 6.20 Å². The minimum atomic E-state index is -1.45. The van der Waals surface area contributed by atoms with Gasteiger partial charge in [0.2, 0.25) is 5.16 Å². The Bertz CT molecular complexity index is 1140. The zero-order valence-electron chi connectivity index (χ0n) is 19.0. The van der Waals surface area contributed by atoms with Crippen molar-refractivity contribution >= 4 is 28.6 Å². The van der Waals surface area contributed by atoms with Crippen molar-refractivity contribution in [2.45, 2.75) is 57.2 Å². The van der Waals surface area contributed by atoms with Gasteiger partial charge in [-0.05, 0) is 42.0 Å². The smallest absolute Gasteiger partial charge is 0.226 e. The Hall–Kier alpha value is -2.48. The second kappa shape index (κ2) is 9.57. The Morgan fingerprint density at radius 1 is 1.28 bits per heavy atom. The number of aliphatic hydroxyl groups is 1. The lowest BCUT2D eigenvalue weighted by Gasteiger charge is -2.31. The number of hydrogen-bond donors (Lipinski definition) is 1. The molecule has 0 saturated carbocycles. The summed E-state index contributed by atoms with van der Waals surface area (Å²) in [6.45, 7) is 14.2. The summed E-state index contributed by atoms with van der Waals surface area (Å²) in [5, 5.41) is 20.0. The Morgan fingerprint density at radius 3 is 2.62 bits per heavy atom. The average Bonchev–Trinajstić information content (AvgIpc) is 3.18. The lowest BCUT2D eigenvalue weighted by molar-refractivity contribution is 0.0480. The largest absolute Gasteiger partial charge is 0.366 e. The number of fused-ring (bicyclic) bond motifs is 1. The number of aliphatic hydroxyl groups excluding tert-OH is 1. The van der Waals surface area contributed by atoms with E-state index in [1.165, 1.54) is 0 Å². The number of allylic oxidation sites excluding steroid dienone is 4. The van der Waals surface area contributed by atoms with Crippen molar-refractivity contribution in [1.29, 1.82) is 0 Å². The van der Waals surface area contributed by atoms with E-state index in [1.54, 1.807) is 27.9 Å². The van der Waals surface area contributed by atoms with E-state index in [1.807, 2.05) is 38.1 Å². The molecule has 0 bridgehead atoms. The van der Waals surface area contributed by atoms with Gasteiger partial charge in [-0.3, -0.25) is 8.78 Å². The highest BCUT2D eigenvalue weighted by atomic mass is 35.5. The maximum absolute atomic E-state index is 13.2. The first-order valence-corrected chi connectivity index (χ1v) is 12.0. The summed E-state index contributed by atoms with van der Waals surface area (Å²) in [6, 6.07) is 7.99. The summed E-state index contributed by atoms with van der Waals surface area (Å²) in [4.78, 5) is 1.56. The first-order chi connectivity index (χ1) is 15.1. The van der Waals surface area contributed by atoms with Gasteiger partial charge in [0, 0.05) is 23.1 Å². The molecular weight excluding hydrogens is 444 g/mol. The molecule has 2 unspecified atom stereocenters. The van der Waals surface area contributed by atoms with E-state index in [9.17, 15) is 9.32 Å². The number of nitrogens with zero attached hydrogens (tertiary/aromatic N) is 4. The lowest BCUT2D eigenvalue weighted by atomic mass is 9.84. The van der Waals surface area contributed by atoms with E-state index >= 15 is 0 Å². The van der Waals surface area contributed by atoms with E-state index in [0.717, 1.165) is 16.7 Å². The van der Waals surface area contributed by atoms with Gasteiger partial charge in [-0.15, -0.1) is 10.2 Å². The molecule has 2 aromatic rings. The molecule has 1 aliphatic heterocycles. The van der Waals surface area contributed by atoms with Crippen LogP contribution < -0.4 is 0 Å².